The minimum atomic E-state index is -3.28. The molecular formula is C10H20N2O3S. The summed E-state index contributed by atoms with van der Waals surface area (Å²) in [7, 11) is -3.28. The number of carbonyl (C=O) groups excluding carboxylic acids is 1. The minimum absolute atomic E-state index is 0.0378. The first kappa shape index (κ1) is 13.4. The maximum atomic E-state index is 11.8. The first-order chi connectivity index (χ1) is 7.32. The summed E-state index contributed by atoms with van der Waals surface area (Å²) in [6.45, 7) is 4.19. The lowest BCUT2D eigenvalue weighted by Gasteiger charge is -2.33. The topological polar surface area (TPSA) is 66.5 Å². The van der Waals surface area contributed by atoms with Crippen LogP contribution in [0.3, 0.4) is 0 Å². The normalized spacial score (nSPS) is 23.4. The van der Waals surface area contributed by atoms with E-state index in [1.165, 1.54) is 4.31 Å². The molecule has 0 saturated carbocycles. The molecule has 0 bridgehead atoms. The number of hydrogen-bond donors (Lipinski definition) is 1. The molecule has 5 nitrogen and oxygen atoms in total. The Labute approximate surface area is 97.2 Å². The molecule has 1 amide bonds. The third-order valence-corrected chi connectivity index (χ3v) is 3.90. The van der Waals surface area contributed by atoms with Gasteiger partial charge in [0.05, 0.1) is 6.26 Å². The highest BCUT2D eigenvalue weighted by Crippen LogP contribution is 2.19. The van der Waals surface area contributed by atoms with Crippen LogP contribution in [0.4, 0.5) is 0 Å². The molecular weight excluding hydrogens is 228 g/mol. The zero-order valence-electron chi connectivity index (χ0n) is 10.1. The number of rotatable bonds is 3. The van der Waals surface area contributed by atoms with E-state index < -0.39 is 16.1 Å². The van der Waals surface area contributed by atoms with Gasteiger partial charge in [-0.05, 0) is 26.7 Å². The van der Waals surface area contributed by atoms with Crippen LogP contribution in [0, 0.1) is 0 Å². The summed E-state index contributed by atoms with van der Waals surface area (Å²) in [5.74, 6) is -0.180. The second-order valence-corrected chi connectivity index (χ2v) is 6.48. The summed E-state index contributed by atoms with van der Waals surface area (Å²) < 4.78 is 24.4. The van der Waals surface area contributed by atoms with Gasteiger partial charge in [-0.25, -0.2) is 8.42 Å². The van der Waals surface area contributed by atoms with E-state index in [0.29, 0.717) is 13.0 Å². The molecule has 1 unspecified atom stereocenters. The van der Waals surface area contributed by atoms with Gasteiger partial charge in [-0.1, -0.05) is 6.42 Å². The maximum Gasteiger partial charge on any atom is 0.238 e. The van der Waals surface area contributed by atoms with Crippen molar-refractivity contribution in [2.45, 2.75) is 45.2 Å². The standard InChI is InChI=1S/C10H20N2O3S/c1-8(2)11-10(13)9-6-4-5-7-12(9)16(3,14)15/h8-9H,4-7H2,1-3H3,(H,11,13). The van der Waals surface area contributed by atoms with Crippen LogP contribution in [0.25, 0.3) is 0 Å². The molecule has 1 aliphatic heterocycles. The molecule has 1 atom stereocenters. The van der Waals surface area contributed by atoms with Gasteiger partial charge in [-0.2, -0.15) is 4.31 Å². The minimum Gasteiger partial charge on any atom is -0.353 e. The van der Waals surface area contributed by atoms with E-state index in [2.05, 4.69) is 5.32 Å². The quantitative estimate of drug-likeness (QED) is 0.782. The molecule has 0 radical (unpaired) electrons. The van der Waals surface area contributed by atoms with Gasteiger partial charge in [0.2, 0.25) is 15.9 Å². The molecule has 6 heteroatoms. The molecule has 1 aliphatic rings. The Kier molecular flexibility index (Phi) is 4.32. The first-order valence-corrected chi connectivity index (χ1v) is 7.44. The average Bonchev–Trinajstić information content (AvgIpc) is 2.15. The second kappa shape index (κ2) is 5.14. The maximum absolute atomic E-state index is 11.8. The van der Waals surface area contributed by atoms with Gasteiger partial charge in [-0.3, -0.25) is 4.79 Å². The molecule has 1 saturated heterocycles. The van der Waals surface area contributed by atoms with Crippen molar-refractivity contribution in [2.75, 3.05) is 12.8 Å². The zero-order valence-corrected chi connectivity index (χ0v) is 10.9. The van der Waals surface area contributed by atoms with Crippen molar-refractivity contribution in [1.29, 1.82) is 0 Å². The van der Waals surface area contributed by atoms with Gasteiger partial charge in [0, 0.05) is 12.6 Å². The summed E-state index contributed by atoms with van der Waals surface area (Å²) in [6.07, 6.45) is 3.51. The predicted octanol–water partition coefficient (Wildman–Crippen LogP) is 0.325. The SMILES string of the molecule is CC(C)NC(=O)C1CCCCN1S(C)(=O)=O. The number of carbonyl (C=O) groups is 1. The summed E-state index contributed by atoms with van der Waals surface area (Å²) in [5, 5.41) is 2.77. The Balaban J connectivity index is 2.79. The van der Waals surface area contributed by atoms with E-state index in [-0.39, 0.29) is 11.9 Å². The van der Waals surface area contributed by atoms with Crippen molar-refractivity contribution in [1.82, 2.24) is 9.62 Å². The Morgan fingerprint density at radius 2 is 2.00 bits per heavy atom. The number of nitrogens with one attached hydrogen (secondary N) is 1. The molecule has 0 aromatic carbocycles. The summed E-state index contributed by atoms with van der Waals surface area (Å²) in [5.41, 5.74) is 0. The Morgan fingerprint density at radius 3 is 2.50 bits per heavy atom. The fourth-order valence-electron chi connectivity index (χ4n) is 1.94. The van der Waals surface area contributed by atoms with E-state index in [1.807, 2.05) is 13.8 Å². The number of nitrogens with zero attached hydrogens (tertiary/aromatic N) is 1. The van der Waals surface area contributed by atoms with Crippen LogP contribution in [0.5, 0.6) is 0 Å². The van der Waals surface area contributed by atoms with Crippen LogP contribution in [-0.2, 0) is 14.8 Å². The van der Waals surface area contributed by atoms with Gasteiger partial charge < -0.3 is 5.32 Å². The third kappa shape index (κ3) is 3.45. The number of amides is 1. The molecule has 1 N–H and O–H groups in total. The fourth-order valence-corrected chi connectivity index (χ4v) is 3.07. The lowest BCUT2D eigenvalue weighted by molar-refractivity contribution is -0.126. The predicted molar refractivity (Wildman–Crippen MR) is 62.5 cm³/mol. The lowest BCUT2D eigenvalue weighted by atomic mass is 10.0. The molecule has 1 rings (SSSR count). The van der Waals surface area contributed by atoms with Gasteiger partial charge >= 0.3 is 0 Å². The number of hydrogen-bond acceptors (Lipinski definition) is 3. The zero-order chi connectivity index (χ0) is 12.3. The molecule has 1 heterocycles. The first-order valence-electron chi connectivity index (χ1n) is 5.59. The molecule has 0 aromatic heterocycles. The number of piperidine rings is 1. The molecule has 16 heavy (non-hydrogen) atoms. The second-order valence-electron chi connectivity index (χ2n) is 4.55. The van der Waals surface area contributed by atoms with E-state index in [9.17, 15) is 13.2 Å². The highest BCUT2D eigenvalue weighted by atomic mass is 32.2. The van der Waals surface area contributed by atoms with Gasteiger partial charge in [0.15, 0.2) is 0 Å². The lowest BCUT2D eigenvalue weighted by Crippen LogP contribution is -2.52. The van der Waals surface area contributed by atoms with Gasteiger partial charge in [0.1, 0.15) is 6.04 Å². The largest absolute Gasteiger partial charge is 0.353 e. The Hall–Kier alpha value is -0.620. The van der Waals surface area contributed by atoms with Crippen LogP contribution >= 0.6 is 0 Å². The average molecular weight is 248 g/mol. The van der Waals surface area contributed by atoms with Gasteiger partial charge in [0.25, 0.3) is 0 Å². The van der Waals surface area contributed by atoms with Crippen molar-refractivity contribution >= 4 is 15.9 Å². The molecule has 94 valence electrons. The van der Waals surface area contributed by atoms with Crippen LogP contribution in [0.15, 0.2) is 0 Å². The molecule has 0 aromatic rings. The summed E-state index contributed by atoms with van der Waals surface area (Å²) >= 11 is 0. The molecule has 1 fully saturated rings. The highest BCUT2D eigenvalue weighted by molar-refractivity contribution is 7.88. The van der Waals surface area contributed by atoms with Crippen molar-refractivity contribution in [3.8, 4) is 0 Å². The van der Waals surface area contributed by atoms with Crippen molar-refractivity contribution in [2.24, 2.45) is 0 Å². The van der Waals surface area contributed by atoms with E-state index in [0.717, 1.165) is 19.1 Å². The number of sulfonamides is 1. The van der Waals surface area contributed by atoms with E-state index in [1.54, 1.807) is 0 Å². The van der Waals surface area contributed by atoms with Crippen molar-refractivity contribution in [3.05, 3.63) is 0 Å². The van der Waals surface area contributed by atoms with Crippen LogP contribution in [0.2, 0.25) is 0 Å². The summed E-state index contributed by atoms with van der Waals surface area (Å²) in [6, 6.07) is -0.484. The van der Waals surface area contributed by atoms with Gasteiger partial charge in [-0.15, -0.1) is 0 Å². The Bertz CT molecular complexity index is 351. The van der Waals surface area contributed by atoms with Crippen LogP contribution in [-0.4, -0.2) is 43.5 Å². The fraction of sp³-hybridized carbons (Fsp3) is 0.900. The van der Waals surface area contributed by atoms with Crippen LogP contribution in [0.1, 0.15) is 33.1 Å². The van der Waals surface area contributed by atoms with Crippen LogP contribution < -0.4 is 5.32 Å². The third-order valence-electron chi connectivity index (χ3n) is 2.61. The van der Waals surface area contributed by atoms with E-state index in [4.69, 9.17) is 0 Å². The molecule has 0 spiro atoms. The van der Waals surface area contributed by atoms with Crippen molar-refractivity contribution in [3.63, 3.8) is 0 Å². The van der Waals surface area contributed by atoms with Crippen molar-refractivity contribution < 1.29 is 13.2 Å². The molecule has 0 aliphatic carbocycles. The van der Waals surface area contributed by atoms with E-state index >= 15 is 0 Å². The smallest absolute Gasteiger partial charge is 0.238 e. The monoisotopic (exact) mass is 248 g/mol. The Morgan fingerprint density at radius 1 is 1.38 bits per heavy atom. The summed E-state index contributed by atoms with van der Waals surface area (Å²) in [4.78, 5) is 11.8. The highest BCUT2D eigenvalue weighted by Gasteiger charge is 2.34.